The fraction of sp³-hybridized carbons (Fsp3) is 0.556. The molecule has 78 valence electrons. The van der Waals surface area contributed by atoms with E-state index in [0.717, 1.165) is 4.90 Å². The van der Waals surface area contributed by atoms with Crippen LogP contribution in [-0.4, -0.2) is 41.3 Å². The molecule has 1 N–H and O–H groups in total. The molecule has 0 aromatic rings. The van der Waals surface area contributed by atoms with E-state index in [1.165, 1.54) is 0 Å². The van der Waals surface area contributed by atoms with Crippen LogP contribution in [-0.2, 0) is 9.53 Å². The number of hydrogen-bond acceptors (Lipinski definition) is 3. The Morgan fingerprint density at radius 3 is 2.50 bits per heavy atom. The molecular formula is C9H13NO4. The molecule has 0 atom stereocenters. The van der Waals surface area contributed by atoms with Crippen molar-refractivity contribution in [3.05, 3.63) is 0 Å². The second-order valence-electron chi connectivity index (χ2n) is 2.89. The quantitative estimate of drug-likeness (QED) is 0.671. The van der Waals surface area contributed by atoms with E-state index in [-0.39, 0.29) is 12.6 Å². The molecule has 5 nitrogen and oxygen atoms in total. The SMILES string of the molecule is C#CCN(CC(=O)O)C(=O)OC(C)C. The smallest absolute Gasteiger partial charge is 0.411 e. The molecule has 0 unspecified atom stereocenters. The lowest BCUT2D eigenvalue weighted by Gasteiger charge is -2.18. The van der Waals surface area contributed by atoms with Crippen molar-refractivity contribution in [3.63, 3.8) is 0 Å². The molecule has 0 aliphatic carbocycles. The van der Waals surface area contributed by atoms with Crippen LogP contribution in [0.2, 0.25) is 0 Å². The van der Waals surface area contributed by atoms with Crippen LogP contribution in [0.5, 0.6) is 0 Å². The number of carbonyl (C=O) groups excluding carboxylic acids is 1. The third-order valence-corrected chi connectivity index (χ3v) is 1.20. The molecule has 0 heterocycles. The van der Waals surface area contributed by atoms with Crippen molar-refractivity contribution in [1.29, 1.82) is 0 Å². The molecule has 0 aliphatic rings. The number of aliphatic carboxylic acids is 1. The summed E-state index contributed by atoms with van der Waals surface area (Å²) in [7, 11) is 0. The predicted molar refractivity (Wildman–Crippen MR) is 49.7 cm³/mol. The van der Waals surface area contributed by atoms with Crippen LogP contribution in [0, 0.1) is 12.3 Å². The minimum absolute atomic E-state index is 0.0716. The van der Waals surface area contributed by atoms with Crippen molar-refractivity contribution in [2.45, 2.75) is 20.0 Å². The second kappa shape index (κ2) is 5.86. The third kappa shape index (κ3) is 5.04. The Labute approximate surface area is 82.6 Å². The number of carboxylic acids is 1. The van der Waals surface area contributed by atoms with Crippen molar-refractivity contribution in [3.8, 4) is 12.3 Å². The maximum Gasteiger partial charge on any atom is 0.411 e. The number of amides is 1. The third-order valence-electron chi connectivity index (χ3n) is 1.20. The van der Waals surface area contributed by atoms with E-state index in [2.05, 4.69) is 5.92 Å². The molecule has 0 aliphatic heterocycles. The Morgan fingerprint density at radius 1 is 1.57 bits per heavy atom. The molecule has 14 heavy (non-hydrogen) atoms. The first-order chi connectivity index (χ1) is 6.47. The summed E-state index contributed by atoms with van der Waals surface area (Å²) in [5.41, 5.74) is 0. The lowest BCUT2D eigenvalue weighted by Crippen LogP contribution is -2.37. The second-order valence-corrected chi connectivity index (χ2v) is 2.89. The van der Waals surface area contributed by atoms with Gasteiger partial charge >= 0.3 is 12.1 Å². The Bertz CT molecular complexity index is 254. The molecule has 5 heteroatoms. The number of terminal acetylenes is 1. The standard InChI is InChI=1S/C9H13NO4/c1-4-5-10(6-8(11)12)9(13)14-7(2)3/h1,7H,5-6H2,2-3H3,(H,11,12). The van der Waals surface area contributed by atoms with Gasteiger partial charge in [0.05, 0.1) is 12.6 Å². The van der Waals surface area contributed by atoms with Crippen LogP contribution in [0.1, 0.15) is 13.8 Å². The van der Waals surface area contributed by atoms with Crippen LogP contribution in [0.25, 0.3) is 0 Å². The van der Waals surface area contributed by atoms with Crippen molar-refractivity contribution < 1.29 is 19.4 Å². The summed E-state index contributed by atoms with van der Waals surface area (Å²) >= 11 is 0. The van der Waals surface area contributed by atoms with E-state index >= 15 is 0 Å². The van der Waals surface area contributed by atoms with E-state index in [9.17, 15) is 9.59 Å². The van der Waals surface area contributed by atoms with Gasteiger partial charge < -0.3 is 9.84 Å². The first-order valence-corrected chi connectivity index (χ1v) is 4.08. The van der Waals surface area contributed by atoms with E-state index in [4.69, 9.17) is 16.3 Å². The monoisotopic (exact) mass is 199 g/mol. The highest BCUT2D eigenvalue weighted by Gasteiger charge is 2.17. The first kappa shape index (κ1) is 12.3. The average molecular weight is 199 g/mol. The Kier molecular flexibility index (Phi) is 5.15. The topological polar surface area (TPSA) is 66.8 Å². The van der Waals surface area contributed by atoms with Gasteiger partial charge in [0.1, 0.15) is 6.54 Å². The van der Waals surface area contributed by atoms with Gasteiger partial charge in [0.25, 0.3) is 0 Å². The summed E-state index contributed by atoms with van der Waals surface area (Å²) in [6, 6.07) is 0. The number of rotatable bonds is 4. The maximum atomic E-state index is 11.2. The van der Waals surface area contributed by atoms with E-state index < -0.39 is 18.6 Å². The van der Waals surface area contributed by atoms with Crippen molar-refractivity contribution in [2.75, 3.05) is 13.1 Å². The van der Waals surface area contributed by atoms with Gasteiger partial charge in [0.15, 0.2) is 0 Å². The van der Waals surface area contributed by atoms with E-state index in [1.54, 1.807) is 13.8 Å². The zero-order chi connectivity index (χ0) is 11.1. The number of nitrogens with zero attached hydrogens (tertiary/aromatic N) is 1. The van der Waals surface area contributed by atoms with Gasteiger partial charge in [-0.25, -0.2) is 4.79 Å². The summed E-state index contributed by atoms with van der Waals surface area (Å²) in [5.74, 6) is 1.06. The molecule has 0 spiro atoms. The first-order valence-electron chi connectivity index (χ1n) is 4.08. The molecule has 0 radical (unpaired) electrons. The normalized spacial score (nSPS) is 9.29. The highest BCUT2D eigenvalue weighted by Crippen LogP contribution is 1.97. The van der Waals surface area contributed by atoms with Crippen LogP contribution in [0.15, 0.2) is 0 Å². The lowest BCUT2D eigenvalue weighted by atomic mass is 10.5. The Hall–Kier alpha value is -1.70. The zero-order valence-corrected chi connectivity index (χ0v) is 8.19. The maximum absolute atomic E-state index is 11.2. The molecule has 0 bridgehead atoms. The van der Waals surface area contributed by atoms with Crippen molar-refractivity contribution in [1.82, 2.24) is 4.90 Å². The number of carboxylic acid groups (broad SMARTS) is 1. The van der Waals surface area contributed by atoms with E-state index in [1.807, 2.05) is 0 Å². The summed E-state index contributed by atoms with van der Waals surface area (Å²) in [4.78, 5) is 22.5. The minimum atomic E-state index is -1.12. The van der Waals surface area contributed by atoms with Crippen LogP contribution in [0.4, 0.5) is 4.79 Å². The minimum Gasteiger partial charge on any atom is -0.480 e. The summed E-state index contributed by atoms with van der Waals surface area (Å²) < 4.78 is 4.79. The van der Waals surface area contributed by atoms with Gasteiger partial charge in [-0.15, -0.1) is 6.42 Å². The molecule has 0 saturated heterocycles. The van der Waals surface area contributed by atoms with Gasteiger partial charge in [0.2, 0.25) is 0 Å². The molecule has 0 saturated carbocycles. The van der Waals surface area contributed by atoms with Gasteiger partial charge in [-0.1, -0.05) is 5.92 Å². The molecule has 0 aromatic heterocycles. The van der Waals surface area contributed by atoms with Gasteiger partial charge in [-0.2, -0.15) is 0 Å². The highest BCUT2D eigenvalue weighted by molar-refractivity contribution is 5.77. The number of carbonyl (C=O) groups is 2. The number of hydrogen-bond donors (Lipinski definition) is 1. The van der Waals surface area contributed by atoms with Gasteiger partial charge in [-0.3, -0.25) is 9.69 Å². The molecule has 1 amide bonds. The lowest BCUT2D eigenvalue weighted by molar-refractivity contribution is -0.137. The predicted octanol–water partition coefficient (Wildman–Crippen LogP) is 0.551. The molecular weight excluding hydrogens is 186 g/mol. The molecule has 0 rings (SSSR count). The largest absolute Gasteiger partial charge is 0.480 e. The van der Waals surface area contributed by atoms with Crippen LogP contribution in [0.3, 0.4) is 0 Å². The molecule has 0 fully saturated rings. The van der Waals surface area contributed by atoms with Crippen molar-refractivity contribution in [2.24, 2.45) is 0 Å². The van der Waals surface area contributed by atoms with E-state index in [0.29, 0.717) is 0 Å². The number of ether oxygens (including phenoxy) is 1. The Balaban J connectivity index is 4.26. The summed E-state index contributed by atoms with van der Waals surface area (Å²) in [6.45, 7) is 2.83. The highest BCUT2D eigenvalue weighted by atomic mass is 16.6. The van der Waals surface area contributed by atoms with Gasteiger partial charge in [0, 0.05) is 0 Å². The fourth-order valence-electron chi connectivity index (χ4n) is 0.735. The van der Waals surface area contributed by atoms with Crippen LogP contribution >= 0.6 is 0 Å². The average Bonchev–Trinajstić information content (AvgIpc) is 2.01. The van der Waals surface area contributed by atoms with Crippen LogP contribution < -0.4 is 0 Å². The Morgan fingerprint density at radius 2 is 2.14 bits per heavy atom. The fourth-order valence-corrected chi connectivity index (χ4v) is 0.735. The summed E-state index contributed by atoms with van der Waals surface area (Å²) in [5, 5.41) is 8.48. The zero-order valence-electron chi connectivity index (χ0n) is 8.19. The summed E-state index contributed by atoms with van der Waals surface area (Å²) in [6.07, 6.45) is 3.98. The van der Waals surface area contributed by atoms with Crippen molar-refractivity contribution >= 4 is 12.1 Å². The molecule has 0 aromatic carbocycles. The van der Waals surface area contributed by atoms with Gasteiger partial charge in [-0.05, 0) is 13.8 Å².